The number of hydrogen-bond donors (Lipinski definition) is 1. The molecule has 2 heterocycles. The summed E-state index contributed by atoms with van der Waals surface area (Å²) in [5.41, 5.74) is 3.52. The molecule has 25 heavy (non-hydrogen) atoms. The van der Waals surface area contributed by atoms with E-state index in [1.807, 2.05) is 11.8 Å². The minimum atomic E-state index is -2.93. The van der Waals surface area contributed by atoms with Crippen molar-refractivity contribution in [1.29, 1.82) is 0 Å². The number of hydrogen-bond acceptors (Lipinski definition) is 6. The summed E-state index contributed by atoms with van der Waals surface area (Å²) in [6.07, 6.45) is 4.46. The molecule has 138 valence electrons. The molecule has 8 heteroatoms. The van der Waals surface area contributed by atoms with Crippen LogP contribution in [-0.4, -0.2) is 66.9 Å². The van der Waals surface area contributed by atoms with Gasteiger partial charge in [0.15, 0.2) is 9.84 Å². The molecule has 0 unspecified atom stereocenters. The average Bonchev–Trinajstić information content (AvgIpc) is 3.13. The van der Waals surface area contributed by atoms with E-state index in [2.05, 4.69) is 15.3 Å². The zero-order valence-electron chi connectivity index (χ0n) is 14.9. The highest BCUT2D eigenvalue weighted by Crippen LogP contribution is 2.22. The Bertz CT molecular complexity index is 763. The number of amides is 1. The summed E-state index contributed by atoms with van der Waals surface area (Å²) >= 11 is 0. The molecule has 1 aromatic heterocycles. The van der Waals surface area contributed by atoms with Gasteiger partial charge >= 0.3 is 0 Å². The molecule has 0 radical (unpaired) electrons. The summed E-state index contributed by atoms with van der Waals surface area (Å²) in [6, 6.07) is -0.0570. The fourth-order valence-electron chi connectivity index (χ4n) is 3.64. The zero-order chi connectivity index (χ0) is 18.0. The molecule has 0 spiro atoms. The van der Waals surface area contributed by atoms with Gasteiger partial charge in [-0.05, 0) is 45.2 Å². The van der Waals surface area contributed by atoms with Gasteiger partial charge in [0, 0.05) is 30.4 Å². The lowest BCUT2D eigenvalue weighted by Gasteiger charge is -2.22. The molecule has 1 amide bonds. The Kier molecular flexibility index (Phi) is 5.38. The maximum Gasteiger partial charge on any atom is 0.234 e. The molecule has 3 rings (SSSR count). The van der Waals surface area contributed by atoms with E-state index in [9.17, 15) is 13.2 Å². The standard InChI is InChI=1S/C17H26N4O3S/c1-12-14-4-3-5-15(14)20-16(19-12)6-8-18-17(22)10-21(2)13-7-9-25(23,24)11-13/h13H,3-11H2,1-2H3,(H,18,22)/t13-/m0/s1. The molecule has 7 nitrogen and oxygen atoms in total. The summed E-state index contributed by atoms with van der Waals surface area (Å²) in [5, 5.41) is 2.88. The van der Waals surface area contributed by atoms with Gasteiger partial charge in [0.2, 0.25) is 5.91 Å². The summed E-state index contributed by atoms with van der Waals surface area (Å²) in [7, 11) is -1.12. The van der Waals surface area contributed by atoms with E-state index in [0.717, 1.165) is 36.5 Å². The third kappa shape index (κ3) is 4.55. The summed E-state index contributed by atoms with van der Waals surface area (Å²) < 4.78 is 23.1. The Balaban J connectivity index is 1.45. The van der Waals surface area contributed by atoms with Crippen LogP contribution in [0.4, 0.5) is 0 Å². The summed E-state index contributed by atoms with van der Waals surface area (Å²) in [5.74, 6) is 1.07. The van der Waals surface area contributed by atoms with Crippen molar-refractivity contribution in [2.45, 2.75) is 45.1 Å². The van der Waals surface area contributed by atoms with Crippen LogP contribution in [0.2, 0.25) is 0 Å². The van der Waals surface area contributed by atoms with Crippen LogP contribution in [0.5, 0.6) is 0 Å². The van der Waals surface area contributed by atoms with Gasteiger partial charge in [-0.1, -0.05) is 0 Å². The smallest absolute Gasteiger partial charge is 0.234 e. The van der Waals surface area contributed by atoms with Crippen molar-refractivity contribution in [2.24, 2.45) is 0 Å². The van der Waals surface area contributed by atoms with Crippen LogP contribution in [0.1, 0.15) is 35.6 Å². The SMILES string of the molecule is Cc1nc(CCNC(=O)CN(C)[C@H]2CCS(=O)(=O)C2)nc2c1CCC2. The minimum absolute atomic E-state index is 0.0570. The first-order valence-corrected chi connectivity index (χ1v) is 10.7. The molecule has 0 bridgehead atoms. The fraction of sp³-hybridized carbons (Fsp3) is 0.706. The molecule has 1 aromatic rings. The van der Waals surface area contributed by atoms with Gasteiger partial charge in [-0.15, -0.1) is 0 Å². The van der Waals surface area contributed by atoms with Gasteiger partial charge in [-0.25, -0.2) is 18.4 Å². The number of fused-ring (bicyclic) bond motifs is 1. The van der Waals surface area contributed by atoms with Gasteiger partial charge in [-0.3, -0.25) is 9.69 Å². The van der Waals surface area contributed by atoms with E-state index in [0.29, 0.717) is 19.4 Å². The van der Waals surface area contributed by atoms with E-state index >= 15 is 0 Å². The number of nitrogens with zero attached hydrogens (tertiary/aromatic N) is 3. The normalized spacial score (nSPS) is 21.5. The molecule has 1 aliphatic carbocycles. The predicted octanol–water partition coefficient (Wildman–Crippen LogP) is 0.0513. The van der Waals surface area contributed by atoms with E-state index < -0.39 is 9.84 Å². The Labute approximate surface area is 149 Å². The maximum atomic E-state index is 12.1. The highest BCUT2D eigenvalue weighted by Gasteiger charge is 2.31. The Morgan fingerprint density at radius 2 is 2.12 bits per heavy atom. The fourth-order valence-corrected chi connectivity index (χ4v) is 5.45. The number of carbonyl (C=O) groups excluding carboxylic acids is 1. The van der Waals surface area contributed by atoms with Crippen molar-refractivity contribution in [1.82, 2.24) is 20.2 Å². The Hall–Kier alpha value is -1.54. The number of rotatable bonds is 6. The minimum Gasteiger partial charge on any atom is -0.355 e. The first-order chi connectivity index (χ1) is 11.8. The third-order valence-corrected chi connectivity index (χ3v) is 6.83. The molecule has 1 saturated heterocycles. The number of carbonyl (C=O) groups is 1. The van der Waals surface area contributed by atoms with E-state index in [4.69, 9.17) is 0 Å². The van der Waals surface area contributed by atoms with Crippen LogP contribution >= 0.6 is 0 Å². The molecule has 0 aromatic carbocycles. The molecular weight excluding hydrogens is 340 g/mol. The topological polar surface area (TPSA) is 92.3 Å². The molecule has 1 atom stereocenters. The van der Waals surface area contributed by atoms with Crippen LogP contribution < -0.4 is 5.32 Å². The van der Waals surface area contributed by atoms with Gasteiger partial charge in [0.1, 0.15) is 5.82 Å². The second kappa shape index (κ2) is 7.37. The quantitative estimate of drug-likeness (QED) is 0.765. The van der Waals surface area contributed by atoms with Crippen LogP contribution in [0.3, 0.4) is 0 Å². The van der Waals surface area contributed by atoms with Crippen molar-refractivity contribution in [3.63, 3.8) is 0 Å². The van der Waals surface area contributed by atoms with Crippen molar-refractivity contribution in [3.05, 3.63) is 22.8 Å². The lowest BCUT2D eigenvalue weighted by molar-refractivity contribution is -0.122. The highest BCUT2D eigenvalue weighted by molar-refractivity contribution is 7.91. The Morgan fingerprint density at radius 1 is 1.32 bits per heavy atom. The molecule has 1 N–H and O–H groups in total. The van der Waals surface area contributed by atoms with Crippen molar-refractivity contribution < 1.29 is 13.2 Å². The first-order valence-electron chi connectivity index (χ1n) is 8.87. The Morgan fingerprint density at radius 3 is 2.84 bits per heavy atom. The van der Waals surface area contributed by atoms with Crippen LogP contribution in [0, 0.1) is 6.92 Å². The maximum absolute atomic E-state index is 12.1. The number of sulfone groups is 1. The second-order valence-electron chi connectivity index (χ2n) is 7.08. The molecule has 0 saturated carbocycles. The third-order valence-electron chi connectivity index (χ3n) is 5.08. The lowest BCUT2D eigenvalue weighted by Crippen LogP contribution is -2.41. The van der Waals surface area contributed by atoms with Crippen LogP contribution in [0.15, 0.2) is 0 Å². The number of nitrogens with one attached hydrogen (secondary N) is 1. The lowest BCUT2D eigenvalue weighted by atomic mass is 10.2. The van der Waals surface area contributed by atoms with Crippen LogP contribution in [-0.2, 0) is 33.9 Å². The number of aryl methyl sites for hydroxylation is 2. The second-order valence-corrected chi connectivity index (χ2v) is 9.30. The van der Waals surface area contributed by atoms with Gasteiger partial charge < -0.3 is 5.32 Å². The van der Waals surface area contributed by atoms with Crippen molar-refractivity contribution in [3.8, 4) is 0 Å². The van der Waals surface area contributed by atoms with Crippen molar-refractivity contribution >= 4 is 15.7 Å². The summed E-state index contributed by atoms with van der Waals surface area (Å²) in [4.78, 5) is 23.1. The highest BCUT2D eigenvalue weighted by atomic mass is 32.2. The largest absolute Gasteiger partial charge is 0.355 e. The van der Waals surface area contributed by atoms with E-state index in [1.54, 1.807) is 7.05 Å². The van der Waals surface area contributed by atoms with Gasteiger partial charge in [0.25, 0.3) is 0 Å². The number of likely N-dealkylation sites (N-methyl/N-ethyl adjacent to an activating group) is 1. The zero-order valence-corrected chi connectivity index (χ0v) is 15.7. The van der Waals surface area contributed by atoms with Crippen LogP contribution in [0.25, 0.3) is 0 Å². The van der Waals surface area contributed by atoms with Crippen molar-refractivity contribution in [2.75, 3.05) is 31.6 Å². The molecule has 2 aliphatic rings. The van der Waals surface area contributed by atoms with Gasteiger partial charge in [-0.2, -0.15) is 0 Å². The van der Waals surface area contributed by atoms with E-state index in [1.165, 1.54) is 5.56 Å². The van der Waals surface area contributed by atoms with Gasteiger partial charge in [0.05, 0.1) is 18.1 Å². The summed E-state index contributed by atoms with van der Waals surface area (Å²) in [6.45, 7) is 2.73. The molecule has 1 aliphatic heterocycles. The monoisotopic (exact) mass is 366 g/mol. The molecular formula is C17H26N4O3S. The number of aromatic nitrogens is 2. The first kappa shape index (κ1) is 18.3. The predicted molar refractivity (Wildman–Crippen MR) is 95.2 cm³/mol. The average molecular weight is 366 g/mol. The van der Waals surface area contributed by atoms with E-state index in [-0.39, 0.29) is 30.0 Å². The molecule has 1 fully saturated rings.